The molecule has 1 unspecified atom stereocenters. The van der Waals surface area contributed by atoms with Crippen LogP contribution in [0.25, 0.3) is 0 Å². The highest BCUT2D eigenvalue weighted by Gasteiger charge is 2.31. The maximum atomic E-state index is 12.4. The van der Waals surface area contributed by atoms with Crippen molar-refractivity contribution in [3.05, 3.63) is 38.9 Å². The van der Waals surface area contributed by atoms with E-state index in [1.165, 1.54) is 18.2 Å². The van der Waals surface area contributed by atoms with Gasteiger partial charge in [-0.15, -0.1) is 0 Å². The fraction of sp³-hybridized carbons (Fsp3) is 0.462. The Morgan fingerprint density at radius 2 is 2.30 bits per heavy atom. The molecule has 1 amide bonds. The Hall–Kier alpha value is -1.66. The molecule has 1 fully saturated rings. The summed E-state index contributed by atoms with van der Waals surface area (Å²) in [5, 5.41) is 19.9. The van der Waals surface area contributed by atoms with Crippen LogP contribution in [0, 0.1) is 16.0 Å². The van der Waals surface area contributed by atoms with E-state index in [2.05, 4.69) is 0 Å². The number of nitro groups is 1. The number of hydrogen-bond donors (Lipinski definition) is 1. The second-order valence-electron chi connectivity index (χ2n) is 4.81. The number of aliphatic hydroxyl groups is 1. The Morgan fingerprint density at radius 1 is 1.55 bits per heavy atom. The van der Waals surface area contributed by atoms with Crippen molar-refractivity contribution in [1.29, 1.82) is 0 Å². The fourth-order valence-electron chi connectivity index (χ4n) is 2.48. The number of nitro benzene ring substituents is 1. The summed E-state index contributed by atoms with van der Waals surface area (Å²) in [4.78, 5) is 24.4. The summed E-state index contributed by atoms with van der Waals surface area (Å²) in [7, 11) is 0. The first-order valence-corrected chi connectivity index (χ1v) is 6.75. The molecule has 0 spiro atoms. The maximum absolute atomic E-state index is 12.4. The van der Waals surface area contributed by atoms with Crippen LogP contribution in [0.3, 0.4) is 0 Å². The van der Waals surface area contributed by atoms with Gasteiger partial charge in [0.2, 0.25) is 0 Å². The van der Waals surface area contributed by atoms with E-state index in [0.29, 0.717) is 19.5 Å². The quantitative estimate of drug-likeness (QED) is 0.681. The van der Waals surface area contributed by atoms with E-state index in [0.717, 1.165) is 6.42 Å². The molecule has 2 rings (SSSR count). The van der Waals surface area contributed by atoms with E-state index < -0.39 is 4.92 Å². The lowest BCUT2D eigenvalue weighted by Gasteiger charge is -2.16. The number of benzene rings is 1. The molecule has 108 valence electrons. The van der Waals surface area contributed by atoms with Gasteiger partial charge >= 0.3 is 5.69 Å². The molecule has 0 aliphatic carbocycles. The monoisotopic (exact) mass is 298 g/mol. The topological polar surface area (TPSA) is 83.7 Å². The molecule has 1 aromatic carbocycles. The predicted molar refractivity (Wildman–Crippen MR) is 73.8 cm³/mol. The van der Waals surface area contributed by atoms with Gasteiger partial charge in [-0.05, 0) is 30.9 Å². The zero-order chi connectivity index (χ0) is 14.7. The van der Waals surface area contributed by atoms with Gasteiger partial charge in [-0.25, -0.2) is 0 Å². The molecule has 0 aromatic heterocycles. The van der Waals surface area contributed by atoms with Crippen molar-refractivity contribution < 1.29 is 14.8 Å². The van der Waals surface area contributed by atoms with Gasteiger partial charge in [-0.1, -0.05) is 17.7 Å². The highest BCUT2D eigenvalue weighted by molar-refractivity contribution is 6.33. The Morgan fingerprint density at radius 3 is 2.95 bits per heavy atom. The van der Waals surface area contributed by atoms with Crippen LogP contribution in [0.5, 0.6) is 0 Å². The largest absolute Gasteiger partial charge is 0.396 e. The van der Waals surface area contributed by atoms with Crippen LogP contribution in [0.15, 0.2) is 18.2 Å². The van der Waals surface area contributed by atoms with Crippen LogP contribution in [0.1, 0.15) is 23.2 Å². The van der Waals surface area contributed by atoms with Gasteiger partial charge in [-0.3, -0.25) is 14.9 Å². The molecule has 0 radical (unpaired) electrons. The van der Waals surface area contributed by atoms with Crippen molar-refractivity contribution in [2.24, 2.45) is 5.92 Å². The lowest BCUT2D eigenvalue weighted by Crippen LogP contribution is -2.29. The number of likely N-dealkylation sites (tertiary alicyclic amines) is 1. The van der Waals surface area contributed by atoms with Gasteiger partial charge < -0.3 is 10.0 Å². The molecule has 1 saturated heterocycles. The van der Waals surface area contributed by atoms with Crippen LogP contribution in [0.2, 0.25) is 5.02 Å². The Kier molecular flexibility index (Phi) is 4.57. The second kappa shape index (κ2) is 6.19. The average Bonchev–Trinajstić information content (AvgIpc) is 2.86. The minimum absolute atomic E-state index is 0.0205. The van der Waals surface area contributed by atoms with Gasteiger partial charge in [0.15, 0.2) is 0 Å². The molecular formula is C13H15ClN2O4. The van der Waals surface area contributed by atoms with Crippen molar-refractivity contribution in [3.63, 3.8) is 0 Å². The minimum Gasteiger partial charge on any atom is -0.396 e. The number of para-hydroxylation sites is 1. The molecule has 1 aromatic rings. The summed E-state index contributed by atoms with van der Waals surface area (Å²) in [6.45, 7) is 1.15. The first kappa shape index (κ1) is 14.7. The zero-order valence-electron chi connectivity index (χ0n) is 10.8. The number of carbonyl (C=O) groups is 1. The lowest BCUT2D eigenvalue weighted by molar-refractivity contribution is -0.385. The van der Waals surface area contributed by atoms with Crippen LogP contribution in [0.4, 0.5) is 5.69 Å². The normalized spacial score (nSPS) is 18.3. The highest BCUT2D eigenvalue weighted by Crippen LogP contribution is 2.30. The molecule has 6 nitrogen and oxygen atoms in total. The molecule has 0 bridgehead atoms. The first-order chi connectivity index (χ1) is 9.54. The number of amides is 1. The van der Waals surface area contributed by atoms with Crippen molar-refractivity contribution >= 4 is 23.2 Å². The molecular weight excluding hydrogens is 284 g/mol. The zero-order valence-corrected chi connectivity index (χ0v) is 11.5. The van der Waals surface area contributed by atoms with Crippen molar-refractivity contribution in [1.82, 2.24) is 4.90 Å². The maximum Gasteiger partial charge on any atom is 0.300 e. The van der Waals surface area contributed by atoms with E-state index in [1.54, 1.807) is 4.90 Å². The number of carbonyl (C=O) groups excluding carboxylic acids is 1. The average molecular weight is 299 g/mol. The summed E-state index contributed by atoms with van der Waals surface area (Å²) in [5.41, 5.74) is -0.322. The van der Waals surface area contributed by atoms with Crippen molar-refractivity contribution in [2.75, 3.05) is 19.7 Å². The SMILES string of the molecule is O=C(c1cccc(Cl)c1[N+](=O)[O-])N1CCC(CCO)C1. The number of hydrogen-bond acceptors (Lipinski definition) is 4. The number of nitrogens with zero attached hydrogens (tertiary/aromatic N) is 2. The van der Waals surface area contributed by atoms with Crippen LogP contribution in [-0.4, -0.2) is 40.5 Å². The first-order valence-electron chi connectivity index (χ1n) is 6.37. The molecule has 1 atom stereocenters. The third kappa shape index (κ3) is 2.91. The van der Waals surface area contributed by atoms with E-state index in [1.807, 2.05) is 0 Å². The van der Waals surface area contributed by atoms with Crippen LogP contribution < -0.4 is 0 Å². The predicted octanol–water partition coefficient (Wildman–Crippen LogP) is 2.09. The number of aliphatic hydroxyl groups excluding tert-OH is 1. The second-order valence-corrected chi connectivity index (χ2v) is 5.22. The van der Waals surface area contributed by atoms with Gasteiger partial charge in [0.1, 0.15) is 10.6 Å². The summed E-state index contributed by atoms with van der Waals surface area (Å²) < 4.78 is 0. The van der Waals surface area contributed by atoms with Crippen LogP contribution in [-0.2, 0) is 0 Å². The van der Waals surface area contributed by atoms with E-state index in [-0.39, 0.29) is 34.7 Å². The van der Waals surface area contributed by atoms with Crippen molar-refractivity contribution in [2.45, 2.75) is 12.8 Å². The van der Waals surface area contributed by atoms with Crippen LogP contribution >= 0.6 is 11.6 Å². The van der Waals surface area contributed by atoms with E-state index >= 15 is 0 Å². The highest BCUT2D eigenvalue weighted by atomic mass is 35.5. The van der Waals surface area contributed by atoms with Gasteiger partial charge in [0.05, 0.1) is 4.92 Å². The molecule has 1 aliphatic rings. The van der Waals surface area contributed by atoms with E-state index in [4.69, 9.17) is 16.7 Å². The van der Waals surface area contributed by atoms with E-state index in [9.17, 15) is 14.9 Å². The standard InChI is InChI=1S/C13H15ClN2O4/c14-11-3-1-2-10(12(11)16(19)20)13(18)15-6-4-9(8-15)5-7-17/h1-3,9,17H,4-8H2. The third-order valence-electron chi connectivity index (χ3n) is 3.51. The Balaban J connectivity index is 2.22. The molecule has 1 N–H and O–H groups in total. The molecule has 1 aliphatic heterocycles. The van der Waals surface area contributed by atoms with Gasteiger partial charge in [0, 0.05) is 19.7 Å². The lowest BCUT2D eigenvalue weighted by atomic mass is 10.1. The summed E-state index contributed by atoms with van der Waals surface area (Å²) in [6, 6.07) is 4.35. The Labute approximate surface area is 121 Å². The molecule has 7 heteroatoms. The Bertz CT molecular complexity index is 535. The summed E-state index contributed by atoms with van der Waals surface area (Å²) in [6.07, 6.45) is 1.45. The third-order valence-corrected chi connectivity index (χ3v) is 3.82. The molecule has 20 heavy (non-hydrogen) atoms. The molecule has 0 saturated carbocycles. The smallest absolute Gasteiger partial charge is 0.300 e. The fourth-order valence-corrected chi connectivity index (χ4v) is 2.72. The van der Waals surface area contributed by atoms with Crippen molar-refractivity contribution in [3.8, 4) is 0 Å². The minimum atomic E-state index is -0.628. The van der Waals surface area contributed by atoms with Gasteiger partial charge in [-0.2, -0.15) is 0 Å². The number of halogens is 1. The summed E-state index contributed by atoms with van der Waals surface area (Å²) >= 11 is 5.81. The van der Waals surface area contributed by atoms with Gasteiger partial charge in [0.25, 0.3) is 5.91 Å². The number of rotatable bonds is 4. The molecule has 1 heterocycles. The summed E-state index contributed by atoms with van der Waals surface area (Å²) in [5.74, 6) is -0.123.